The molecule has 2 heteroatoms. The van der Waals surface area contributed by atoms with Crippen LogP contribution < -0.4 is 5.32 Å². The van der Waals surface area contributed by atoms with E-state index in [-0.39, 0.29) is 0 Å². The first kappa shape index (κ1) is 10.1. The van der Waals surface area contributed by atoms with E-state index in [1.807, 2.05) is 0 Å². The van der Waals surface area contributed by atoms with Crippen molar-refractivity contribution in [3.8, 4) is 0 Å². The summed E-state index contributed by atoms with van der Waals surface area (Å²) >= 11 is 0. The maximum Gasteiger partial charge on any atom is 0.0252 e. The molecule has 3 rings (SSSR count). The Balaban J connectivity index is 1.69. The number of hydrogen-bond acceptors (Lipinski definition) is 2. The van der Waals surface area contributed by atoms with Gasteiger partial charge in [-0.1, -0.05) is 25.7 Å². The van der Waals surface area contributed by atoms with Crippen molar-refractivity contribution in [2.45, 2.75) is 69.5 Å². The van der Waals surface area contributed by atoms with E-state index in [2.05, 4.69) is 10.2 Å². The van der Waals surface area contributed by atoms with Crippen LogP contribution in [0.5, 0.6) is 0 Å². The molecule has 0 spiro atoms. The Labute approximate surface area is 93.4 Å². The van der Waals surface area contributed by atoms with E-state index in [9.17, 15) is 0 Å². The van der Waals surface area contributed by atoms with Gasteiger partial charge in [0.2, 0.25) is 0 Å². The van der Waals surface area contributed by atoms with Gasteiger partial charge in [-0.3, -0.25) is 4.90 Å². The van der Waals surface area contributed by atoms with E-state index in [1.54, 1.807) is 0 Å². The summed E-state index contributed by atoms with van der Waals surface area (Å²) in [6.07, 6.45) is 11.7. The molecule has 0 bridgehead atoms. The van der Waals surface area contributed by atoms with E-state index < -0.39 is 0 Å². The van der Waals surface area contributed by atoms with Gasteiger partial charge in [-0.2, -0.15) is 0 Å². The number of nitrogens with one attached hydrogen (secondary N) is 1. The van der Waals surface area contributed by atoms with Gasteiger partial charge in [0, 0.05) is 31.2 Å². The molecule has 2 nitrogen and oxygen atoms in total. The highest BCUT2D eigenvalue weighted by Gasteiger charge is 2.36. The molecule has 0 unspecified atom stereocenters. The van der Waals surface area contributed by atoms with Crippen LogP contribution in [0, 0.1) is 0 Å². The van der Waals surface area contributed by atoms with Crippen molar-refractivity contribution in [3.63, 3.8) is 0 Å². The van der Waals surface area contributed by atoms with Crippen LogP contribution in [0.1, 0.15) is 51.4 Å². The molecule has 2 atom stereocenters. The van der Waals surface area contributed by atoms with Gasteiger partial charge < -0.3 is 5.32 Å². The smallest absolute Gasteiger partial charge is 0.0252 e. The van der Waals surface area contributed by atoms with Gasteiger partial charge in [0.05, 0.1) is 0 Å². The highest BCUT2D eigenvalue weighted by atomic mass is 15.3. The van der Waals surface area contributed by atoms with Gasteiger partial charge in [-0.25, -0.2) is 0 Å². The topological polar surface area (TPSA) is 15.3 Å². The summed E-state index contributed by atoms with van der Waals surface area (Å²) in [5.41, 5.74) is 0. The third kappa shape index (κ3) is 1.94. The van der Waals surface area contributed by atoms with Gasteiger partial charge in [0.1, 0.15) is 0 Å². The zero-order chi connectivity index (χ0) is 10.1. The lowest BCUT2D eigenvalue weighted by molar-refractivity contribution is 0.0513. The van der Waals surface area contributed by atoms with Crippen molar-refractivity contribution in [3.05, 3.63) is 0 Å². The molecular formula is C13H24N2. The summed E-state index contributed by atoms with van der Waals surface area (Å²) in [6, 6.07) is 2.65. The Morgan fingerprint density at radius 3 is 2.47 bits per heavy atom. The molecule has 3 aliphatic rings. The zero-order valence-electron chi connectivity index (χ0n) is 9.75. The second-order valence-electron chi connectivity index (χ2n) is 5.59. The monoisotopic (exact) mass is 208 g/mol. The molecule has 1 saturated heterocycles. The average Bonchev–Trinajstić information content (AvgIpc) is 2.82. The minimum absolute atomic E-state index is 0.827. The molecule has 0 amide bonds. The summed E-state index contributed by atoms with van der Waals surface area (Å²) in [5, 5.41) is 3.73. The van der Waals surface area contributed by atoms with Crippen molar-refractivity contribution >= 4 is 0 Å². The molecule has 1 N–H and O–H groups in total. The Morgan fingerprint density at radius 2 is 1.60 bits per heavy atom. The summed E-state index contributed by atoms with van der Waals surface area (Å²) in [6.45, 7) is 2.55. The molecule has 0 aromatic rings. The van der Waals surface area contributed by atoms with E-state index in [4.69, 9.17) is 0 Å². The molecule has 0 aromatic carbocycles. The number of nitrogens with zero attached hydrogens (tertiary/aromatic N) is 1. The van der Waals surface area contributed by atoms with Crippen LogP contribution in [0.25, 0.3) is 0 Å². The van der Waals surface area contributed by atoms with Crippen molar-refractivity contribution in [2.75, 3.05) is 13.1 Å². The van der Waals surface area contributed by atoms with E-state index in [1.165, 1.54) is 64.5 Å². The van der Waals surface area contributed by atoms with Gasteiger partial charge in [0.25, 0.3) is 0 Å². The third-order valence-electron chi connectivity index (χ3n) is 4.73. The molecule has 15 heavy (non-hydrogen) atoms. The first-order chi connectivity index (χ1) is 7.45. The van der Waals surface area contributed by atoms with Crippen LogP contribution >= 0.6 is 0 Å². The summed E-state index contributed by atoms with van der Waals surface area (Å²) < 4.78 is 0. The normalized spacial score (nSPS) is 39.2. The highest BCUT2D eigenvalue weighted by molar-refractivity contribution is 4.95. The third-order valence-corrected chi connectivity index (χ3v) is 4.73. The van der Waals surface area contributed by atoms with Crippen molar-refractivity contribution in [2.24, 2.45) is 0 Å². The largest absolute Gasteiger partial charge is 0.311 e. The second kappa shape index (κ2) is 4.42. The molecule has 1 aliphatic heterocycles. The van der Waals surface area contributed by atoms with Crippen molar-refractivity contribution in [1.82, 2.24) is 10.2 Å². The van der Waals surface area contributed by atoms with Crippen LogP contribution in [0.2, 0.25) is 0 Å². The lowest BCUT2D eigenvalue weighted by atomic mass is 9.86. The Kier molecular flexibility index (Phi) is 2.98. The van der Waals surface area contributed by atoms with Crippen LogP contribution in [0.4, 0.5) is 0 Å². The Hall–Kier alpha value is -0.0800. The fourth-order valence-electron chi connectivity index (χ4n) is 3.98. The fraction of sp³-hybridized carbons (Fsp3) is 1.00. The standard InChI is InChI=1S/C13H24N2/c1-2-6-11(5-1)15-10-9-14-12-7-3-4-8-13(12)15/h11-14H,1-10H2/t12-,13-/m0/s1. The molecule has 0 radical (unpaired) electrons. The number of rotatable bonds is 1. The predicted molar refractivity (Wildman–Crippen MR) is 63.0 cm³/mol. The van der Waals surface area contributed by atoms with E-state index in [0.717, 1.165) is 18.1 Å². The SMILES string of the molecule is C1CCC(N2CCN[C@H]3CCCC[C@@H]32)C1. The van der Waals surface area contributed by atoms with Crippen LogP contribution in [-0.2, 0) is 0 Å². The van der Waals surface area contributed by atoms with E-state index in [0.29, 0.717) is 0 Å². The molecular weight excluding hydrogens is 184 g/mol. The Morgan fingerprint density at radius 1 is 0.867 bits per heavy atom. The molecule has 86 valence electrons. The van der Waals surface area contributed by atoms with Gasteiger partial charge >= 0.3 is 0 Å². The molecule has 2 saturated carbocycles. The minimum Gasteiger partial charge on any atom is -0.311 e. The summed E-state index contributed by atoms with van der Waals surface area (Å²) in [7, 11) is 0. The number of piperazine rings is 1. The van der Waals surface area contributed by atoms with Crippen molar-refractivity contribution < 1.29 is 0 Å². The summed E-state index contributed by atoms with van der Waals surface area (Å²) in [4.78, 5) is 2.87. The average molecular weight is 208 g/mol. The molecule has 2 aliphatic carbocycles. The fourth-order valence-corrected chi connectivity index (χ4v) is 3.98. The first-order valence-electron chi connectivity index (χ1n) is 6.94. The molecule has 0 aromatic heterocycles. The summed E-state index contributed by atoms with van der Waals surface area (Å²) in [5.74, 6) is 0. The van der Waals surface area contributed by atoms with E-state index >= 15 is 0 Å². The second-order valence-corrected chi connectivity index (χ2v) is 5.59. The highest BCUT2D eigenvalue weighted by Crippen LogP contribution is 2.32. The quantitative estimate of drug-likeness (QED) is 0.710. The van der Waals surface area contributed by atoms with Gasteiger partial charge in [-0.05, 0) is 25.7 Å². The van der Waals surface area contributed by atoms with Crippen LogP contribution in [-0.4, -0.2) is 36.1 Å². The van der Waals surface area contributed by atoms with Gasteiger partial charge in [0.15, 0.2) is 0 Å². The maximum atomic E-state index is 3.73. The lowest BCUT2D eigenvalue weighted by Crippen LogP contribution is -2.61. The predicted octanol–water partition coefficient (Wildman–Crippen LogP) is 2.15. The number of hydrogen-bond donors (Lipinski definition) is 1. The van der Waals surface area contributed by atoms with Crippen LogP contribution in [0.3, 0.4) is 0 Å². The molecule has 1 heterocycles. The zero-order valence-corrected chi connectivity index (χ0v) is 9.75. The first-order valence-corrected chi connectivity index (χ1v) is 6.94. The minimum atomic E-state index is 0.827. The van der Waals surface area contributed by atoms with Crippen LogP contribution in [0.15, 0.2) is 0 Å². The Bertz CT molecular complexity index is 209. The van der Waals surface area contributed by atoms with Gasteiger partial charge in [-0.15, -0.1) is 0 Å². The lowest BCUT2D eigenvalue weighted by Gasteiger charge is -2.47. The number of fused-ring (bicyclic) bond motifs is 1. The molecule has 3 fully saturated rings. The van der Waals surface area contributed by atoms with Crippen molar-refractivity contribution in [1.29, 1.82) is 0 Å². The maximum absolute atomic E-state index is 3.73.